The van der Waals surface area contributed by atoms with E-state index in [1.165, 1.54) is 0 Å². The van der Waals surface area contributed by atoms with Crippen LogP contribution in [0.3, 0.4) is 0 Å². The van der Waals surface area contributed by atoms with Gasteiger partial charge in [0.2, 0.25) is 0 Å². The largest absolute Gasteiger partial charge is 0.292 e. The fraction of sp³-hybridized carbons (Fsp3) is 0.364. The summed E-state index contributed by atoms with van der Waals surface area (Å²) in [6, 6.07) is 5.27. The van der Waals surface area contributed by atoms with Crippen molar-refractivity contribution in [1.29, 1.82) is 0 Å². The highest BCUT2D eigenvalue weighted by Crippen LogP contribution is 2.19. The van der Waals surface area contributed by atoms with Crippen molar-refractivity contribution < 1.29 is 4.79 Å². The maximum atomic E-state index is 11.8. The van der Waals surface area contributed by atoms with Crippen molar-refractivity contribution in [1.82, 2.24) is 0 Å². The van der Waals surface area contributed by atoms with Crippen LogP contribution in [-0.4, -0.2) is 11.2 Å². The van der Waals surface area contributed by atoms with Crippen molar-refractivity contribution in [3.05, 3.63) is 34.3 Å². The highest BCUT2D eigenvalue weighted by molar-refractivity contribution is 6.35. The average Bonchev–Trinajstić information content (AvgIpc) is 2.19. The predicted molar refractivity (Wildman–Crippen MR) is 60.5 cm³/mol. The maximum absolute atomic E-state index is 11.8. The van der Waals surface area contributed by atoms with Gasteiger partial charge in [-0.1, -0.05) is 24.6 Å². The Balaban J connectivity index is 3.06. The molecule has 0 amide bonds. The summed E-state index contributed by atoms with van der Waals surface area (Å²) < 4.78 is 0. The highest BCUT2D eigenvalue weighted by atomic mass is 35.5. The van der Waals surface area contributed by atoms with Gasteiger partial charge in [0, 0.05) is 10.6 Å². The number of carbonyl (C=O) groups is 1. The number of ketones is 1. The summed E-state index contributed by atoms with van der Waals surface area (Å²) in [5.41, 5.74) is 1.54. The number of hydrogen-bond donors (Lipinski definition) is 0. The van der Waals surface area contributed by atoms with E-state index in [0.717, 1.165) is 5.56 Å². The Bertz CT molecular complexity index is 347. The first-order valence-corrected chi connectivity index (χ1v) is 5.32. The number of hydrogen-bond acceptors (Lipinski definition) is 1. The Morgan fingerprint density at radius 3 is 2.71 bits per heavy atom. The van der Waals surface area contributed by atoms with E-state index in [4.69, 9.17) is 23.2 Å². The van der Waals surface area contributed by atoms with Gasteiger partial charge in [-0.25, -0.2) is 0 Å². The zero-order chi connectivity index (χ0) is 10.7. The lowest BCUT2D eigenvalue weighted by atomic mass is 10.0. The quantitative estimate of drug-likeness (QED) is 0.570. The second kappa shape index (κ2) is 4.81. The van der Waals surface area contributed by atoms with E-state index >= 15 is 0 Å². The molecule has 1 nitrogen and oxygen atoms in total. The minimum Gasteiger partial charge on any atom is -0.292 e. The predicted octanol–water partition coefficient (Wildman–Crippen LogP) is 3.85. The van der Waals surface area contributed by atoms with E-state index in [0.29, 0.717) is 17.0 Å². The lowest BCUT2D eigenvalue weighted by Crippen LogP contribution is -2.14. The Labute approximate surface area is 94.0 Å². The zero-order valence-corrected chi connectivity index (χ0v) is 9.69. The monoisotopic (exact) mass is 230 g/mol. The molecule has 1 unspecified atom stereocenters. The van der Waals surface area contributed by atoms with Gasteiger partial charge < -0.3 is 0 Å². The van der Waals surface area contributed by atoms with Gasteiger partial charge in [0.05, 0.1) is 5.38 Å². The molecule has 76 valence electrons. The highest BCUT2D eigenvalue weighted by Gasteiger charge is 2.17. The van der Waals surface area contributed by atoms with Gasteiger partial charge in [0.15, 0.2) is 5.78 Å². The van der Waals surface area contributed by atoms with Crippen molar-refractivity contribution >= 4 is 29.0 Å². The maximum Gasteiger partial charge on any atom is 0.180 e. The SMILES string of the molecule is CCC(Cl)C(=O)c1cc(Cl)ccc1C. The first-order chi connectivity index (χ1) is 6.56. The van der Waals surface area contributed by atoms with E-state index in [9.17, 15) is 4.79 Å². The lowest BCUT2D eigenvalue weighted by molar-refractivity contribution is 0.0985. The summed E-state index contributed by atoms with van der Waals surface area (Å²) in [6.07, 6.45) is 0.631. The average molecular weight is 231 g/mol. The van der Waals surface area contributed by atoms with Gasteiger partial charge >= 0.3 is 0 Å². The molecule has 0 aliphatic carbocycles. The molecular formula is C11H12Cl2O. The summed E-state index contributed by atoms with van der Waals surface area (Å²) in [4.78, 5) is 11.8. The standard InChI is InChI=1S/C11H12Cl2O/c1-3-10(13)11(14)9-6-8(12)5-4-7(9)2/h4-6,10H,3H2,1-2H3. The summed E-state index contributed by atoms with van der Waals surface area (Å²) >= 11 is 11.7. The third kappa shape index (κ3) is 2.49. The number of Topliss-reactive ketones (excluding diaryl/α,β-unsaturated/α-hetero) is 1. The van der Waals surface area contributed by atoms with Gasteiger partial charge in [-0.15, -0.1) is 11.6 Å². The normalized spacial score (nSPS) is 12.6. The van der Waals surface area contributed by atoms with Crippen LogP contribution in [0.4, 0.5) is 0 Å². The molecule has 1 aromatic carbocycles. The Kier molecular flexibility index (Phi) is 3.97. The van der Waals surface area contributed by atoms with Crippen molar-refractivity contribution in [3.8, 4) is 0 Å². The topological polar surface area (TPSA) is 17.1 Å². The molecule has 0 saturated carbocycles. The van der Waals surface area contributed by atoms with Gasteiger partial charge in [0.1, 0.15) is 0 Å². The number of carbonyl (C=O) groups excluding carboxylic acids is 1. The van der Waals surface area contributed by atoms with Crippen LogP contribution in [-0.2, 0) is 0 Å². The molecule has 1 rings (SSSR count). The van der Waals surface area contributed by atoms with Crippen molar-refractivity contribution in [2.45, 2.75) is 25.6 Å². The summed E-state index contributed by atoms with van der Waals surface area (Å²) in [5, 5.41) is 0.117. The Morgan fingerprint density at radius 2 is 2.14 bits per heavy atom. The van der Waals surface area contributed by atoms with Gasteiger partial charge in [-0.05, 0) is 31.0 Å². The molecule has 0 heterocycles. The van der Waals surface area contributed by atoms with Crippen LogP contribution in [0.1, 0.15) is 29.3 Å². The fourth-order valence-corrected chi connectivity index (χ4v) is 1.50. The molecule has 14 heavy (non-hydrogen) atoms. The molecule has 0 saturated heterocycles. The van der Waals surface area contributed by atoms with Gasteiger partial charge in [-0.3, -0.25) is 4.79 Å². The van der Waals surface area contributed by atoms with Gasteiger partial charge in [0.25, 0.3) is 0 Å². The van der Waals surface area contributed by atoms with E-state index < -0.39 is 5.38 Å². The second-order valence-electron chi connectivity index (χ2n) is 3.20. The summed E-state index contributed by atoms with van der Waals surface area (Å²) in [7, 11) is 0. The second-order valence-corrected chi connectivity index (χ2v) is 4.16. The molecule has 0 N–H and O–H groups in total. The first kappa shape index (κ1) is 11.5. The van der Waals surface area contributed by atoms with Crippen LogP contribution in [0.5, 0.6) is 0 Å². The van der Waals surface area contributed by atoms with E-state index in [-0.39, 0.29) is 5.78 Å². The third-order valence-electron chi connectivity index (χ3n) is 2.11. The third-order valence-corrected chi connectivity index (χ3v) is 2.85. The van der Waals surface area contributed by atoms with E-state index in [1.807, 2.05) is 19.9 Å². The summed E-state index contributed by atoms with van der Waals surface area (Å²) in [5.74, 6) is -0.0471. The fourth-order valence-electron chi connectivity index (χ4n) is 1.21. The van der Waals surface area contributed by atoms with Crippen LogP contribution >= 0.6 is 23.2 Å². The number of aryl methyl sites for hydroxylation is 1. The molecule has 0 aliphatic rings. The Hall–Kier alpha value is -0.530. The van der Waals surface area contributed by atoms with Crippen molar-refractivity contribution in [2.24, 2.45) is 0 Å². The number of halogens is 2. The minimum atomic E-state index is -0.452. The number of rotatable bonds is 3. The van der Waals surface area contributed by atoms with E-state index in [2.05, 4.69) is 0 Å². The van der Waals surface area contributed by atoms with Crippen LogP contribution in [0.25, 0.3) is 0 Å². The molecule has 0 spiro atoms. The minimum absolute atomic E-state index is 0.0471. The summed E-state index contributed by atoms with van der Waals surface area (Å²) in [6.45, 7) is 3.76. The molecule has 1 aromatic rings. The number of benzene rings is 1. The Morgan fingerprint density at radius 1 is 1.50 bits per heavy atom. The number of alkyl halides is 1. The molecule has 0 aromatic heterocycles. The van der Waals surface area contributed by atoms with Crippen molar-refractivity contribution in [2.75, 3.05) is 0 Å². The van der Waals surface area contributed by atoms with Crippen LogP contribution in [0.2, 0.25) is 5.02 Å². The molecule has 3 heteroatoms. The first-order valence-electron chi connectivity index (χ1n) is 4.50. The molecule has 1 atom stereocenters. The molecule has 0 radical (unpaired) electrons. The van der Waals surface area contributed by atoms with Crippen LogP contribution < -0.4 is 0 Å². The van der Waals surface area contributed by atoms with Crippen LogP contribution in [0.15, 0.2) is 18.2 Å². The zero-order valence-electron chi connectivity index (χ0n) is 8.18. The lowest BCUT2D eigenvalue weighted by Gasteiger charge is -2.08. The van der Waals surface area contributed by atoms with Crippen LogP contribution in [0, 0.1) is 6.92 Å². The molecule has 0 fully saturated rings. The van der Waals surface area contributed by atoms with Gasteiger partial charge in [-0.2, -0.15) is 0 Å². The molecule has 0 aliphatic heterocycles. The smallest absolute Gasteiger partial charge is 0.180 e. The molecule has 0 bridgehead atoms. The van der Waals surface area contributed by atoms with Crippen molar-refractivity contribution in [3.63, 3.8) is 0 Å². The molecular weight excluding hydrogens is 219 g/mol. The van der Waals surface area contributed by atoms with E-state index in [1.54, 1.807) is 12.1 Å².